The van der Waals surface area contributed by atoms with E-state index in [0.717, 1.165) is 12.5 Å². The van der Waals surface area contributed by atoms with Crippen LogP contribution < -0.4 is 0 Å². The van der Waals surface area contributed by atoms with Crippen molar-refractivity contribution in [2.24, 2.45) is 11.3 Å². The van der Waals surface area contributed by atoms with Crippen LogP contribution in [0.15, 0.2) is 0 Å². The summed E-state index contributed by atoms with van der Waals surface area (Å²) in [5.74, 6) is 0.898. The average Bonchev–Trinajstić information content (AvgIpc) is 2.59. The molecule has 1 aliphatic carbocycles. The summed E-state index contributed by atoms with van der Waals surface area (Å²) in [6.07, 6.45) is 4.84. The van der Waals surface area contributed by atoms with Crippen molar-refractivity contribution in [3.63, 3.8) is 0 Å². The van der Waals surface area contributed by atoms with Crippen LogP contribution >= 0.6 is 0 Å². The summed E-state index contributed by atoms with van der Waals surface area (Å²) in [6, 6.07) is 0. The zero-order chi connectivity index (χ0) is 7.19. The minimum Gasteiger partial charge on any atom is -0.373 e. The van der Waals surface area contributed by atoms with Crippen molar-refractivity contribution in [1.29, 1.82) is 0 Å². The molecular weight excluding hydrogens is 124 g/mol. The lowest BCUT2D eigenvalue weighted by atomic mass is 9.90. The van der Waals surface area contributed by atoms with Crippen LogP contribution in [0.3, 0.4) is 0 Å². The highest BCUT2D eigenvalue weighted by molar-refractivity contribution is 4.90. The van der Waals surface area contributed by atoms with E-state index in [1.165, 1.54) is 19.3 Å². The smallest absolute Gasteiger partial charge is 0.0838 e. The largest absolute Gasteiger partial charge is 0.373 e. The molecule has 1 saturated heterocycles. The number of ether oxygens (including phenoxy) is 1. The Morgan fingerprint density at radius 1 is 1.40 bits per heavy atom. The summed E-state index contributed by atoms with van der Waals surface area (Å²) in [4.78, 5) is 0. The van der Waals surface area contributed by atoms with Gasteiger partial charge in [0.1, 0.15) is 0 Å². The Labute approximate surface area is 62.8 Å². The van der Waals surface area contributed by atoms with E-state index in [4.69, 9.17) is 4.74 Å². The van der Waals surface area contributed by atoms with Gasteiger partial charge in [-0.25, -0.2) is 0 Å². The Morgan fingerprint density at radius 3 is 2.50 bits per heavy atom. The molecule has 2 atom stereocenters. The van der Waals surface area contributed by atoms with Crippen molar-refractivity contribution in [3.05, 3.63) is 0 Å². The number of hydrogen-bond acceptors (Lipinski definition) is 1. The van der Waals surface area contributed by atoms with Gasteiger partial charge >= 0.3 is 0 Å². The molecule has 2 fully saturated rings. The van der Waals surface area contributed by atoms with Gasteiger partial charge in [-0.05, 0) is 30.6 Å². The van der Waals surface area contributed by atoms with E-state index in [0.29, 0.717) is 11.5 Å². The van der Waals surface area contributed by atoms with E-state index in [1.54, 1.807) is 0 Å². The third kappa shape index (κ3) is 1.20. The number of hydrogen-bond donors (Lipinski definition) is 0. The Balaban J connectivity index is 1.92. The third-order valence-electron chi connectivity index (χ3n) is 2.89. The fourth-order valence-corrected chi connectivity index (χ4v) is 2.14. The van der Waals surface area contributed by atoms with Crippen LogP contribution in [0.4, 0.5) is 0 Å². The molecule has 2 unspecified atom stereocenters. The first kappa shape index (κ1) is 6.66. The fourth-order valence-electron chi connectivity index (χ4n) is 2.14. The fraction of sp³-hybridized carbons (Fsp3) is 1.00. The van der Waals surface area contributed by atoms with Crippen LogP contribution in [0.25, 0.3) is 0 Å². The SMILES string of the molecule is CC1(C)CCC(C2CO2)C1. The molecule has 10 heavy (non-hydrogen) atoms. The van der Waals surface area contributed by atoms with Crippen molar-refractivity contribution in [2.75, 3.05) is 6.61 Å². The van der Waals surface area contributed by atoms with E-state index in [9.17, 15) is 0 Å². The van der Waals surface area contributed by atoms with Gasteiger partial charge in [0.25, 0.3) is 0 Å². The monoisotopic (exact) mass is 140 g/mol. The first-order valence-electron chi connectivity index (χ1n) is 4.29. The molecule has 1 heteroatoms. The summed E-state index contributed by atoms with van der Waals surface area (Å²) in [5, 5.41) is 0. The molecule has 0 spiro atoms. The molecule has 2 aliphatic rings. The van der Waals surface area contributed by atoms with Crippen molar-refractivity contribution in [3.8, 4) is 0 Å². The molecule has 0 amide bonds. The highest BCUT2D eigenvalue weighted by Gasteiger charge is 2.40. The van der Waals surface area contributed by atoms with Crippen LogP contribution in [0.5, 0.6) is 0 Å². The number of rotatable bonds is 1. The van der Waals surface area contributed by atoms with Gasteiger partial charge in [0.05, 0.1) is 12.7 Å². The van der Waals surface area contributed by atoms with Crippen LogP contribution in [0.1, 0.15) is 33.1 Å². The molecule has 1 nitrogen and oxygen atoms in total. The molecule has 0 N–H and O–H groups in total. The van der Waals surface area contributed by atoms with Gasteiger partial charge in [0.2, 0.25) is 0 Å². The van der Waals surface area contributed by atoms with Crippen molar-refractivity contribution < 1.29 is 4.74 Å². The zero-order valence-corrected chi connectivity index (χ0v) is 6.89. The molecule has 58 valence electrons. The van der Waals surface area contributed by atoms with Gasteiger partial charge in [-0.15, -0.1) is 0 Å². The molecule has 1 aliphatic heterocycles. The van der Waals surface area contributed by atoms with E-state index in [2.05, 4.69) is 13.8 Å². The summed E-state index contributed by atoms with van der Waals surface area (Å²) < 4.78 is 5.29. The van der Waals surface area contributed by atoms with E-state index < -0.39 is 0 Å². The molecule has 0 bridgehead atoms. The predicted molar refractivity (Wildman–Crippen MR) is 40.9 cm³/mol. The van der Waals surface area contributed by atoms with Crippen molar-refractivity contribution in [2.45, 2.75) is 39.2 Å². The van der Waals surface area contributed by atoms with Gasteiger partial charge < -0.3 is 4.74 Å². The maximum atomic E-state index is 5.29. The molecule has 1 heterocycles. The highest BCUT2D eigenvalue weighted by Crippen LogP contribution is 2.45. The maximum Gasteiger partial charge on any atom is 0.0838 e. The lowest BCUT2D eigenvalue weighted by molar-refractivity contribution is 0.301. The van der Waals surface area contributed by atoms with E-state index in [-0.39, 0.29) is 0 Å². The Morgan fingerprint density at radius 2 is 2.10 bits per heavy atom. The second-order valence-electron chi connectivity index (χ2n) is 4.54. The molecule has 2 rings (SSSR count). The van der Waals surface area contributed by atoms with E-state index in [1.807, 2.05) is 0 Å². The van der Waals surface area contributed by atoms with Gasteiger partial charge in [-0.3, -0.25) is 0 Å². The first-order valence-corrected chi connectivity index (χ1v) is 4.29. The normalized spacial score (nSPS) is 43.8. The molecule has 0 aromatic rings. The minimum absolute atomic E-state index is 0.608. The third-order valence-corrected chi connectivity index (χ3v) is 2.89. The first-order chi connectivity index (χ1) is 4.67. The molecule has 0 aromatic heterocycles. The average molecular weight is 140 g/mol. The Kier molecular flexibility index (Phi) is 1.31. The molecule has 0 aromatic carbocycles. The van der Waals surface area contributed by atoms with Gasteiger partial charge in [0, 0.05) is 0 Å². The van der Waals surface area contributed by atoms with Gasteiger partial charge in [-0.1, -0.05) is 13.8 Å². The maximum absolute atomic E-state index is 5.29. The predicted octanol–water partition coefficient (Wildman–Crippen LogP) is 2.21. The summed E-state index contributed by atoms with van der Waals surface area (Å²) in [5.41, 5.74) is 0.608. The van der Waals surface area contributed by atoms with Crippen molar-refractivity contribution >= 4 is 0 Å². The van der Waals surface area contributed by atoms with Gasteiger partial charge in [-0.2, -0.15) is 0 Å². The van der Waals surface area contributed by atoms with Crippen LogP contribution in [0, 0.1) is 11.3 Å². The molecular formula is C9H16O. The van der Waals surface area contributed by atoms with E-state index >= 15 is 0 Å². The second kappa shape index (κ2) is 1.97. The second-order valence-corrected chi connectivity index (χ2v) is 4.54. The minimum atomic E-state index is 0.608. The lowest BCUT2D eigenvalue weighted by Crippen LogP contribution is -2.08. The molecule has 1 saturated carbocycles. The Hall–Kier alpha value is -0.0400. The summed E-state index contributed by atoms with van der Waals surface area (Å²) in [6.45, 7) is 5.78. The quantitative estimate of drug-likeness (QED) is 0.509. The van der Waals surface area contributed by atoms with Crippen molar-refractivity contribution in [1.82, 2.24) is 0 Å². The van der Waals surface area contributed by atoms with Crippen LogP contribution in [-0.4, -0.2) is 12.7 Å². The van der Waals surface area contributed by atoms with Crippen LogP contribution in [-0.2, 0) is 4.74 Å². The summed E-state index contributed by atoms with van der Waals surface area (Å²) >= 11 is 0. The highest BCUT2D eigenvalue weighted by atomic mass is 16.6. The lowest BCUT2D eigenvalue weighted by Gasteiger charge is -2.15. The Bertz CT molecular complexity index is 136. The topological polar surface area (TPSA) is 12.5 Å². The van der Waals surface area contributed by atoms with Crippen LogP contribution in [0.2, 0.25) is 0 Å². The zero-order valence-electron chi connectivity index (χ0n) is 6.89. The number of epoxide rings is 1. The van der Waals surface area contributed by atoms with Gasteiger partial charge in [0.15, 0.2) is 0 Å². The standard InChI is InChI=1S/C9H16O/c1-9(2)4-3-7(5-9)8-6-10-8/h7-8H,3-6H2,1-2H3. The molecule has 0 radical (unpaired) electrons. The summed E-state index contributed by atoms with van der Waals surface area (Å²) in [7, 11) is 0.